The van der Waals surface area contributed by atoms with Crippen LogP contribution in [0, 0.1) is 0 Å². The molecule has 0 unspecified atom stereocenters. The monoisotopic (exact) mass is 503 g/mol. The van der Waals surface area contributed by atoms with Gasteiger partial charge in [0.25, 0.3) is 5.91 Å². The van der Waals surface area contributed by atoms with E-state index in [1.165, 1.54) is 7.11 Å². The number of methoxy groups -OCH3 is 2. The minimum absolute atomic E-state index is 0.192. The van der Waals surface area contributed by atoms with Gasteiger partial charge in [0.1, 0.15) is 18.1 Å². The minimum Gasteiger partial charge on any atom is -0.496 e. The van der Waals surface area contributed by atoms with E-state index in [2.05, 4.69) is 36.2 Å². The zero-order chi connectivity index (χ0) is 22.2. The Labute approximate surface area is 191 Å². The number of carbonyl (C=O) groups excluding carboxylic acids is 2. The Morgan fingerprint density at radius 1 is 1.23 bits per heavy atom. The molecule has 3 rings (SSSR count). The highest BCUT2D eigenvalue weighted by molar-refractivity contribution is 9.10. The van der Waals surface area contributed by atoms with Gasteiger partial charge in [0, 0.05) is 16.1 Å². The van der Waals surface area contributed by atoms with Gasteiger partial charge in [-0.3, -0.25) is 10.1 Å². The van der Waals surface area contributed by atoms with Crippen LogP contribution in [0.3, 0.4) is 0 Å². The number of hydrogen-bond acceptors (Lipinski definition) is 8. The summed E-state index contributed by atoms with van der Waals surface area (Å²) in [7, 11) is 2.83. The van der Waals surface area contributed by atoms with Crippen LogP contribution < -0.4 is 14.8 Å². The molecule has 1 amide bonds. The summed E-state index contributed by atoms with van der Waals surface area (Å²) >= 11 is 4.42. The predicted molar refractivity (Wildman–Crippen MR) is 122 cm³/mol. The summed E-state index contributed by atoms with van der Waals surface area (Å²) in [4.78, 5) is 23.3. The highest BCUT2D eigenvalue weighted by atomic mass is 79.9. The van der Waals surface area contributed by atoms with Gasteiger partial charge in [-0.15, -0.1) is 5.10 Å². The first-order valence-electron chi connectivity index (χ1n) is 8.93. The van der Waals surface area contributed by atoms with E-state index in [1.54, 1.807) is 13.3 Å². The number of nitrogens with zero attached hydrogens (tertiary/aromatic N) is 2. The van der Waals surface area contributed by atoms with E-state index in [1.807, 2.05) is 42.5 Å². The smallest absolute Gasteiger partial charge is 0.331 e. The topological polar surface area (TPSA) is 98.6 Å². The van der Waals surface area contributed by atoms with Crippen LogP contribution in [0.15, 0.2) is 68.1 Å². The highest BCUT2D eigenvalue weighted by Gasteiger charge is 2.25. The summed E-state index contributed by atoms with van der Waals surface area (Å²) in [6, 6.07) is 13.1. The van der Waals surface area contributed by atoms with Crippen LogP contribution >= 0.6 is 27.7 Å². The number of benzene rings is 2. The molecule has 31 heavy (non-hydrogen) atoms. The number of amidine groups is 1. The fourth-order valence-corrected chi connectivity index (χ4v) is 3.62. The minimum atomic E-state index is -0.613. The van der Waals surface area contributed by atoms with Crippen LogP contribution in [0.2, 0.25) is 0 Å². The number of nitrogens with one attached hydrogen (secondary N) is 1. The molecule has 160 valence electrons. The average Bonchev–Trinajstić information content (AvgIpc) is 3.11. The molecule has 0 bridgehead atoms. The summed E-state index contributed by atoms with van der Waals surface area (Å²) in [5.41, 5.74) is 1.61. The Kier molecular flexibility index (Phi) is 7.85. The fourth-order valence-electron chi connectivity index (χ4n) is 2.50. The lowest BCUT2D eigenvalue weighted by Crippen LogP contribution is -2.19. The van der Waals surface area contributed by atoms with E-state index in [-0.39, 0.29) is 10.1 Å². The fraction of sp³-hybridized carbons (Fsp3) is 0.143. The van der Waals surface area contributed by atoms with Crippen molar-refractivity contribution in [3.8, 4) is 11.5 Å². The zero-order valence-corrected chi connectivity index (χ0v) is 19.0. The summed E-state index contributed by atoms with van der Waals surface area (Å²) in [6.07, 6.45) is 2.65. The van der Waals surface area contributed by atoms with Gasteiger partial charge in [-0.2, -0.15) is 5.10 Å². The number of hydrogen-bond donors (Lipinski definition) is 1. The third-order valence-electron chi connectivity index (χ3n) is 3.95. The van der Waals surface area contributed by atoms with Crippen molar-refractivity contribution in [1.29, 1.82) is 0 Å². The lowest BCUT2D eigenvalue weighted by molar-refractivity contribution is -0.135. The van der Waals surface area contributed by atoms with Gasteiger partial charge in [-0.1, -0.05) is 22.0 Å². The quantitative estimate of drug-likeness (QED) is 0.268. The van der Waals surface area contributed by atoms with Crippen molar-refractivity contribution in [2.75, 3.05) is 14.2 Å². The van der Waals surface area contributed by atoms with E-state index in [0.29, 0.717) is 12.4 Å². The van der Waals surface area contributed by atoms with Gasteiger partial charge in [-0.05, 0) is 53.7 Å². The van der Waals surface area contributed by atoms with Gasteiger partial charge in [0.15, 0.2) is 5.17 Å². The Morgan fingerprint density at radius 3 is 2.81 bits per heavy atom. The second-order valence-corrected chi connectivity index (χ2v) is 8.00. The van der Waals surface area contributed by atoms with Gasteiger partial charge < -0.3 is 14.2 Å². The summed E-state index contributed by atoms with van der Waals surface area (Å²) in [5.74, 6) is 0.375. The lowest BCUT2D eigenvalue weighted by Gasteiger charge is -2.11. The maximum Gasteiger partial charge on any atom is 0.331 e. The van der Waals surface area contributed by atoms with Crippen LogP contribution in [0.1, 0.15) is 11.1 Å². The molecule has 0 spiro atoms. The first kappa shape index (κ1) is 22.6. The van der Waals surface area contributed by atoms with Gasteiger partial charge >= 0.3 is 5.97 Å². The standard InChI is InChI=1S/C21H18BrN3O5S/c1-28-17-7-6-13(8-14(17)12-30-16-5-3-4-15(22)9-16)11-23-25-21-24-20(27)18(31-21)10-19(26)29-2/h3-11H,12H2,1-2H3,(H,24,25,27)/b18-10+,23-11?. The molecule has 2 aromatic carbocycles. The molecule has 1 heterocycles. The summed E-state index contributed by atoms with van der Waals surface area (Å²) < 4.78 is 16.7. The van der Waals surface area contributed by atoms with E-state index >= 15 is 0 Å². The molecule has 1 aliphatic rings. The van der Waals surface area contributed by atoms with Crippen LogP contribution in [-0.2, 0) is 20.9 Å². The molecular formula is C21H18BrN3O5S. The summed E-state index contributed by atoms with van der Waals surface area (Å²) in [5, 5.41) is 10.8. The average molecular weight is 504 g/mol. The Balaban J connectivity index is 1.69. The van der Waals surface area contributed by atoms with Gasteiger partial charge in [0.05, 0.1) is 25.3 Å². The van der Waals surface area contributed by atoms with E-state index in [4.69, 9.17) is 9.47 Å². The third kappa shape index (κ3) is 6.43. The van der Waals surface area contributed by atoms with Crippen LogP contribution in [0.25, 0.3) is 0 Å². The lowest BCUT2D eigenvalue weighted by atomic mass is 10.1. The van der Waals surface area contributed by atoms with Gasteiger partial charge in [-0.25, -0.2) is 4.79 Å². The maximum atomic E-state index is 11.8. The highest BCUT2D eigenvalue weighted by Crippen LogP contribution is 2.25. The van der Waals surface area contributed by atoms with Gasteiger partial charge in [0.2, 0.25) is 0 Å². The zero-order valence-electron chi connectivity index (χ0n) is 16.6. The molecule has 1 fully saturated rings. The molecule has 1 N–H and O–H groups in total. The molecular weight excluding hydrogens is 486 g/mol. The van der Waals surface area contributed by atoms with Crippen molar-refractivity contribution in [3.63, 3.8) is 0 Å². The molecule has 1 aliphatic heterocycles. The molecule has 0 atom stereocenters. The molecule has 0 aliphatic carbocycles. The SMILES string of the molecule is COC(=O)/C=C1/S/C(=N\N=Cc2ccc(OC)c(COc3cccc(Br)c3)c2)NC1=O. The number of ether oxygens (including phenoxy) is 3. The maximum absolute atomic E-state index is 11.8. The van der Waals surface area contributed by atoms with Crippen molar-refractivity contribution >= 4 is 51.0 Å². The second-order valence-electron chi connectivity index (χ2n) is 6.05. The molecule has 0 aromatic heterocycles. The normalized spacial score (nSPS) is 16.0. The molecule has 2 aromatic rings. The first-order chi connectivity index (χ1) is 15.0. The number of thioether (sulfide) groups is 1. The number of rotatable bonds is 7. The van der Waals surface area contributed by atoms with E-state index in [0.717, 1.165) is 39.2 Å². The second kappa shape index (κ2) is 10.8. The van der Waals surface area contributed by atoms with E-state index < -0.39 is 11.9 Å². The third-order valence-corrected chi connectivity index (χ3v) is 5.34. The molecule has 1 saturated heterocycles. The van der Waals surface area contributed by atoms with Crippen molar-refractivity contribution < 1.29 is 23.8 Å². The van der Waals surface area contributed by atoms with Crippen LogP contribution in [0.5, 0.6) is 11.5 Å². The Bertz CT molecular complexity index is 1080. The largest absolute Gasteiger partial charge is 0.496 e. The van der Waals surface area contributed by atoms with Crippen LogP contribution in [-0.4, -0.2) is 37.5 Å². The Hall–Kier alpha value is -3.11. The first-order valence-corrected chi connectivity index (χ1v) is 10.5. The number of carbonyl (C=O) groups is 2. The van der Waals surface area contributed by atoms with Crippen molar-refractivity contribution in [3.05, 3.63) is 69.0 Å². The van der Waals surface area contributed by atoms with Crippen LogP contribution in [0.4, 0.5) is 0 Å². The number of halogens is 1. The molecule has 8 nitrogen and oxygen atoms in total. The van der Waals surface area contributed by atoms with E-state index in [9.17, 15) is 9.59 Å². The molecule has 0 saturated carbocycles. The number of esters is 1. The number of amides is 1. The molecule has 0 radical (unpaired) electrons. The predicted octanol–water partition coefficient (Wildman–Crippen LogP) is 3.65. The van der Waals surface area contributed by atoms with Crippen molar-refractivity contribution in [2.24, 2.45) is 10.2 Å². The Morgan fingerprint density at radius 2 is 2.06 bits per heavy atom. The molecule has 10 heteroatoms. The van der Waals surface area contributed by atoms with Crippen molar-refractivity contribution in [2.45, 2.75) is 6.61 Å². The van der Waals surface area contributed by atoms with Crippen molar-refractivity contribution in [1.82, 2.24) is 5.32 Å². The summed E-state index contributed by atoms with van der Waals surface area (Å²) in [6.45, 7) is 0.309.